The number of thioether (sulfide) groups is 1. The summed E-state index contributed by atoms with van der Waals surface area (Å²) in [6, 6.07) is 13.9. The van der Waals surface area contributed by atoms with E-state index in [1.54, 1.807) is 7.11 Å². The molecule has 0 fully saturated rings. The average molecular weight is 344 g/mol. The Bertz CT molecular complexity index is 702. The van der Waals surface area contributed by atoms with E-state index in [1.807, 2.05) is 57.4 Å². The van der Waals surface area contributed by atoms with E-state index in [-0.39, 0.29) is 5.91 Å². The number of carbonyl (C=O) groups excluding carboxylic acids is 1. The van der Waals surface area contributed by atoms with Crippen LogP contribution in [-0.4, -0.2) is 37.8 Å². The van der Waals surface area contributed by atoms with E-state index in [1.165, 1.54) is 17.3 Å². The van der Waals surface area contributed by atoms with Gasteiger partial charge in [-0.2, -0.15) is 0 Å². The van der Waals surface area contributed by atoms with Gasteiger partial charge < -0.3 is 15.0 Å². The smallest absolute Gasteiger partial charge is 0.234 e. The summed E-state index contributed by atoms with van der Waals surface area (Å²) in [7, 11) is 5.70. The van der Waals surface area contributed by atoms with Crippen molar-refractivity contribution in [1.82, 2.24) is 4.90 Å². The second-order valence-corrected chi connectivity index (χ2v) is 7.01. The van der Waals surface area contributed by atoms with E-state index in [0.717, 1.165) is 28.4 Å². The lowest BCUT2D eigenvalue weighted by atomic mass is 10.1. The fourth-order valence-electron chi connectivity index (χ4n) is 2.43. The lowest BCUT2D eigenvalue weighted by Crippen LogP contribution is -2.15. The lowest BCUT2D eigenvalue weighted by Gasteiger charge is -2.13. The third-order valence-corrected chi connectivity index (χ3v) is 4.32. The van der Waals surface area contributed by atoms with Crippen molar-refractivity contribution in [2.45, 2.75) is 18.4 Å². The van der Waals surface area contributed by atoms with Crippen molar-refractivity contribution >= 4 is 23.4 Å². The number of amides is 1. The van der Waals surface area contributed by atoms with Crippen LogP contribution in [0.25, 0.3) is 0 Å². The highest BCUT2D eigenvalue weighted by Gasteiger charge is 2.06. The van der Waals surface area contributed by atoms with Crippen LogP contribution < -0.4 is 10.1 Å². The van der Waals surface area contributed by atoms with Gasteiger partial charge in [-0.25, -0.2) is 0 Å². The first kappa shape index (κ1) is 18.4. The van der Waals surface area contributed by atoms with Crippen LogP contribution in [0.3, 0.4) is 0 Å². The molecule has 0 aromatic heterocycles. The van der Waals surface area contributed by atoms with E-state index in [9.17, 15) is 4.79 Å². The highest BCUT2D eigenvalue weighted by atomic mass is 32.2. The minimum atomic E-state index is -0.00998. The topological polar surface area (TPSA) is 41.6 Å². The molecule has 2 rings (SSSR count). The Balaban J connectivity index is 1.95. The fourth-order valence-corrected chi connectivity index (χ4v) is 3.17. The van der Waals surface area contributed by atoms with Crippen LogP contribution in [0.4, 0.5) is 5.69 Å². The first-order valence-electron chi connectivity index (χ1n) is 7.78. The molecule has 0 bridgehead atoms. The van der Waals surface area contributed by atoms with Crippen molar-refractivity contribution < 1.29 is 9.53 Å². The molecule has 0 atom stereocenters. The van der Waals surface area contributed by atoms with Gasteiger partial charge in [-0.05, 0) is 62.5 Å². The van der Waals surface area contributed by atoms with Gasteiger partial charge in [0, 0.05) is 17.1 Å². The molecule has 0 aliphatic rings. The normalized spacial score (nSPS) is 10.7. The van der Waals surface area contributed by atoms with E-state index in [0.29, 0.717) is 5.75 Å². The summed E-state index contributed by atoms with van der Waals surface area (Å²) in [5, 5.41) is 2.99. The van der Waals surface area contributed by atoms with Crippen LogP contribution in [-0.2, 0) is 11.3 Å². The number of aryl methyl sites for hydroxylation is 1. The van der Waals surface area contributed by atoms with Gasteiger partial charge in [-0.3, -0.25) is 4.79 Å². The Morgan fingerprint density at radius 2 is 2.00 bits per heavy atom. The van der Waals surface area contributed by atoms with Crippen molar-refractivity contribution in [2.24, 2.45) is 0 Å². The van der Waals surface area contributed by atoms with Gasteiger partial charge in [-0.1, -0.05) is 12.1 Å². The number of hydrogen-bond acceptors (Lipinski definition) is 4. The summed E-state index contributed by atoms with van der Waals surface area (Å²) in [6.45, 7) is 2.89. The first-order chi connectivity index (χ1) is 11.5. The van der Waals surface area contributed by atoms with Gasteiger partial charge in [0.15, 0.2) is 0 Å². The summed E-state index contributed by atoms with van der Waals surface area (Å²) < 4.78 is 5.20. The summed E-state index contributed by atoms with van der Waals surface area (Å²) >= 11 is 1.50. The molecule has 0 saturated heterocycles. The summed E-state index contributed by atoms with van der Waals surface area (Å²) in [5.41, 5.74) is 3.18. The lowest BCUT2D eigenvalue weighted by molar-refractivity contribution is -0.113. The molecule has 0 aliphatic carbocycles. The van der Waals surface area contributed by atoms with Crippen LogP contribution in [0.15, 0.2) is 47.4 Å². The molecule has 128 valence electrons. The van der Waals surface area contributed by atoms with E-state index < -0.39 is 0 Å². The molecule has 5 heteroatoms. The average Bonchev–Trinajstić information content (AvgIpc) is 2.52. The van der Waals surface area contributed by atoms with Crippen LogP contribution in [0.5, 0.6) is 5.75 Å². The van der Waals surface area contributed by atoms with Crippen molar-refractivity contribution in [2.75, 3.05) is 32.3 Å². The number of nitrogens with zero attached hydrogens (tertiary/aromatic N) is 1. The van der Waals surface area contributed by atoms with Crippen LogP contribution in [0.1, 0.15) is 11.1 Å². The number of anilines is 1. The molecule has 2 aromatic carbocycles. The number of nitrogens with one attached hydrogen (secondary N) is 1. The zero-order chi connectivity index (χ0) is 17.5. The maximum atomic E-state index is 12.2. The van der Waals surface area contributed by atoms with E-state index >= 15 is 0 Å². The molecule has 0 spiro atoms. The third-order valence-electron chi connectivity index (χ3n) is 3.33. The quantitative estimate of drug-likeness (QED) is 0.776. The number of hydrogen-bond donors (Lipinski definition) is 1. The molecule has 0 radical (unpaired) electrons. The third kappa shape index (κ3) is 5.91. The molecule has 2 aromatic rings. The molecule has 0 aliphatic heterocycles. The monoisotopic (exact) mass is 344 g/mol. The van der Waals surface area contributed by atoms with Crippen molar-refractivity contribution in [3.63, 3.8) is 0 Å². The molecule has 1 N–H and O–H groups in total. The van der Waals surface area contributed by atoms with E-state index in [4.69, 9.17) is 4.74 Å². The van der Waals surface area contributed by atoms with Gasteiger partial charge in [0.25, 0.3) is 0 Å². The fraction of sp³-hybridized carbons (Fsp3) is 0.316. The summed E-state index contributed by atoms with van der Waals surface area (Å²) in [4.78, 5) is 15.3. The standard InChI is InChI=1S/C19H24N2O2S/c1-14-8-15(12-21(2)3)10-16(9-14)20-19(22)13-24-18-7-5-6-17(11-18)23-4/h5-11H,12-13H2,1-4H3,(H,20,22). The van der Waals surface area contributed by atoms with Crippen LogP contribution in [0.2, 0.25) is 0 Å². The first-order valence-corrected chi connectivity index (χ1v) is 8.77. The molecule has 24 heavy (non-hydrogen) atoms. The highest BCUT2D eigenvalue weighted by Crippen LogP contribution is 2.23. The maximum Gasteiger partial charge on any atom is 0.234 e. The number of ether oxygens (including phenoxy) is 1. The van der Waals surface area contributed by atoms with Gasteiger partial charge in [0.05, 0.1) is 12.9 Å². The Hall–Kier alpha value is -1.98. The Labute approximate surface area is 148 Å². The number of carbonyl (C=O) groups is 1. The predicted molar refractivity (Wildman–Crippen MR) is 101 cm³/mol. The van der Waals surface area contributed by atoms with Crippen LogP contribution >= 0.6 is 11.8 Å². The minimum Gasteiger partial charge on any atom is -0.497 e. The summed E-state index contributed by atoms with van der Waals surface area (Å²) in [5.74, 6) is 1.15. The number of methoxy groups -OCH3 is 1. The van der Waals surface area contributed by atoms with Crippen molar-refractivity contribution in [3.8, 4) is 5.75 Å². The Kier molecular flexibility index (Phi) is 6.70. The minimum absolute atomic E-state index is 0.00998. The largest absolute Gasteiger partial charge is 0.497 e. The second-order valence-electron chi connectivity index (χ2n) is 5.96. The summed E-state index contributed by atoms with van der Waals surface area (Å²) in [6.07, 6.45) is 0. The van der Waals surface area contributed by atoms with E-state index in [2.05, 4.69) is 16.3 Å². The number of rotatable bonds is 7. The molecular formula is C19H24N2O2S. The van der Waals surface area contributed by atoms with Gasteiger partial charge in [0.2, 0.25) is 5.91 Å². The maximum absolute atomic E-state index is 12.2. The SMILES string of the molecule is COc1cccc(SCC(=O)Nc2cc(C)cc(CN(C)C)c2)c1. The second kappa shape index (κ2) is 8.76. The predicted octanol–water partition coefficient (Wildman–Crippen LogP) is 3.80. The van der Waals surface area contributed by atoms with Gasteiger partial charge in [-0.15, -0.1) is 11.8 Å². The molecular weight excluding hydrogens is 320 g/mol. The molecule has 0 heterocycles. The molecule has 0 unspecified atom stereocenters. The van der Waals surface area contributed by atoms with Gasteiger partial charge in [0.1, 0.15) is 5.75 Å². The number of benzene rings is 2. The molecule has 0 saturated carbocycles. The zero-order valence-electron chi connectivity index (χ0n) is 14.6. The van der Waals surface area contributed by atoms with Crippen molar-refractivity contribution in [1.29, 1.82) is 0 Å². The Morgan fingerprint density at radius 1 is 1.21 bits per heavy atom. The zero-order valence-corrected chi connectivity index (χ0v) is 15.4. The molecule has 4 nitrogen and oxygen atoms in total. The highest BCUT2D eigenvalue weighted by molar-refractivity contribution is 8.00. The Morgan fingerprint density at radius 3 is 2.71 bits per heavy atom. The van der Waals surface area contributed by atoms with Crippen LogP contribution in [0, 0.1) is 6.92 Å². The van der Waals surface area contributed by atoms with Gasteiger partial charge >= 0.3 is 0 Å². The molecule has 1 amide bonds. The van der Waals surface area contributed by atoms with Crippen molar-refractivity contribution in [3.05, 3.63) is 53.6 Å².